The Morgan fingerprint density at radius 3 is 2.39 bits per heavy atom. The number of aromatic nitrogens is 2. The Hall–Kier alpha value is -1.89. The van der Waals surface area contributed by atoms with Gasteiger partial charge in [0.15, 0.2) is 0 Å². The highest BCUT2D eigenvalue weighted by atomic mass is 16.4. The predicted octanol–water partition coefficient (Wildman–Crippen LogP) is 1.33. The number of carboxylic acids is 1. The molecule has 1 saturated heterocycles. The third-order valence-electron chi connectivity index (χ3n) is 4.30. The number of nitrogens with one attached hydrogen (secondary N) is 1. The molecule has 7 nitrogen and oxygen atoms in total. The average Bonchev–Trinajstić information content (AvgIpc) is 2.96. The van der Waals surface area contributed by atoms with Gasteiger partial charge >= 0.3 is 5.97 Å². The largest absolute Gasteiger partial charge is 0.481 e. The number of hydrogen-bond acceptors (Lipinski definition) is 4. The van der Waals surface area contributed by atoms with Gasteiger partial charge in [0.1, 0.15) is 5.69 Å². The van der Waals surface area contributed by atoms with Crippen LogP contribution in [0.4, 0.5) is 0 Å². The molecule has 1 aromatic heterocycles. The SMILES string of the molecule is CC(CC(=O)O)N1CCN(C(=O)c2cc(C(C)(C)C)[nH]n2)CC1. The van der Waals surface area contributed by atoms with E-state index < -0.39 is 5.97 Å². The normalized spacial score (nSPS) is 18.0. The quantitative estimate of drug-likeness (QED) is 0.873. The smallest absolute Gasteiger partial charge is 0.304 e. The van der Waals surface area contributed by atoms with Gasteiger partial charge in [-0.25, -0.2) is 0 Å². The van der Waals surface area contributed by atoms with Crippen molar-refractivity contribution in [1.29, 1.82) is 0 Å². The highest BCUT2D eigenvalue weighted by Gasteiger charge is 2.27. The van der Waals surface area contributed by atoms with E-state index in [1.54, 1.807) is 4.90 Å². The number of rotatable bonds is 4. The molecule has 1 amide bonds. The second kappa shape index (κ2) is 6.70. The van der Waals surface area contributed by atoms with Gasteiger partial charge in [-0.05, 0) is 13.0 Å². The maximum atomic E-state index is 12.5. The van der Waals surface area contributed by atoms with Crippen LogP contribution in [-0.4, -0.2) is 69.2 Å². The summed E-state index contributed by atoms with van der Waals surface area (Å²) in [7, 11) is 0. The number of carbonyl (C=O) groups excluding carboxylic acids is 1. The van der Waals surface area contributed by atoms with Crippen LogP contribution in [0, 0.1) is 0 Å². The second-order valence-electron chi connectivity index (χ2n) is 7.19. The predicted molar refractivity (Wildman–Crippen MR) is 86.5 cm³/mol. The topological polar surface area (TPSA) is 89.5 Å². The lowest BCUT2D eigenvalue weighted by molar-refractivity contribution is -0.138. The Balaban J connectivity index is 1.93. The standard InChI is InChI=1S/C16H26N4O3/c1-11(9-14(21)22)19-5-7-20(8-6-19)15(23)12-10-13(18-17-12)16(2,3)4/h10-11H,5-9H2,1-4H3,(H,17,18)(H,21,22). The summed E-state index contributed by atoms with van der Waals surface area (Å²) in [6.45, 7) is 10.7. The van der Waals surface area contributed by atoms with Crippen LogP contribution in [0.2, 0.25) is 0 Å². The summed E-state index contributed by atoms with van der Waals surface area (Å²) in [5.74, 6) is -0.857. The Morgan fingerprint density at radius 2 is 1.91 bits per heavy atom. The van der Waals surface area contributed by atoms with Crippen LogP contribution in [0.1, 0.15) is 50.3 Å². The summed E-state index contributed by atoms with van der Waals surface area (Å²) in [6, 6.07) is 1.81. The summed E-state index contributed by atoms with van der Waals surface area (Å²) < 4.78 is 0. The van der Waals surface area contributed by atoms with Crippen LogP contribution in [0.5, 0.6) is 0 Å². The molecule has 1 unspecified atom stereocenters. The first-order valence-corrected chi connectivity index (χ1v) is 7.99. The molecule has 0 aliphatic carbocycles. The van der Waals surface area contributed by atoms with Gasteiger partial charge in [0, 0.05) is 43.3 Å². The van der Waals surface area contributed by atoms with E-state index in [9.17, 15) is 9.59 Å². The number of nitrogens with zero attached hydrogens (tertiary/aromatic N) is 3. The third-order valence-corrected chi connectivity index (χ3v) is 4.30. The number of carbonyl (C=O) groups is 2. The van der Waals surface area contributed by atoms with E-state index in [0.717, 1.165) is 5.69 Å². The van der Waals surface area contributed by atoms with E-state index in [1.165, 1.54) is 0 Å². The van der Waals surface area contributed by atoms with Gasteiger partial charge < -0.3 is 10.0 Å². The number of aliphatic carboxylic acids is 1. The van der Waals surface area contributed by atoms with Crippen molar-refractivity contribution in [2.75, 3.05) is 26.2 Å². The van der Waals surface area contributed by atoms with Crippen LogP contribution < -0.4 is 0 Å². The van der Waals surface area contributed by atoms with Crippen molar-refractivity contribution in [2.45, 2.75) is 45.6 Å². The van der Waals surface area contributed by atoms with Crippen molar-refractivity contribution in [3.05, 3.63) is 17.5 Å². The maximum Gasteiger partial charge on any atom is 0.304 e. The van der Waals surface area contributed by atoms with E-state index in [4.69, 9.17) is 5.11 Å². The van der Waals surface area contributed by atoms with Crippen molar-refractivity contribution in [3.8, 4) is 0 Å². The fourth-order valence-electron chi connectivity index (χ4n) is 2.73. The molecule has 1 fully saturated rings. The Morgan fingerprint density at radius 1 is 1.30 bits per heavy atom. The minimum atomic E-state index is -0.790. The van der Waals surface area contributed by atoms with Crippen LogP contribution in [0.3, 0.4) is 0 Å². The second-order valence-corrected chi connectivity index (χ2v) is 7.19. The molecule has 1 aromatic rings. The molecule has 0 spiro atoms. The Bertz CT molecular complexity index is 568. The summed E-state index contributed by atoms with van der Waals surface area (Å²) >= 11 is 0. The van der Waals surface area contributed by atoms with Gasteiger partial charge in [-0.1, -0.05) is 20.8 Å². The number of H-pyrrole nitrogens is 1. The molecule has 2 heterocycles. The Labute approximate surface area is 136 Å². The first-order valence-electron chi connectivity index (χ1n) is 7.99. The van der Waals surface area contributed by atoms with E-state index in [1.807, 2.05) is 13.0 Å². The number of aromatic amines is 1. The molecule has 23 heavy (non-hydrogen) atoms. The van der Waals surface area contributed by atoms with Gasteiger partial charge in [-0.3, -0.25) is 19.6 Å². The average molecular weight is 322 g/mol. The molecule has 0 aromatic carbocycles. The van der Waals surface area contributed by atoms with Crippen molar-refractivity contribution < 1.29 is 14.7 Å². The summed E-state index contributed by atoms with van der Waals surface area (Å²) in [5, 5.41) is 16.0. The van der Waals surface area contributed by atoms with Crippen LogP contribution >= 0.6 is 0 Å². The minimum Gasteiger partial charge on any atom is -0.481 e. The zero-order valence-electron chi connectivity index (χ0n) is 14.3. The third kappa shape index (κ3) is 4.31. The van der Waals surface area contributed by atoms with Gasteiger partial charge in [-0.15, -0.1) is 0 Å². The molecular formula is C16H26N4O3. The molecule has 1 aliphatic rings. The first kappa shape index (κ1) is 17.5. The summed E-state index contributed by atoms with van der Waals surface area (Å²) in [6.07, 6.45) is 0.127. The molecule has 7 heteroatoms. The van der Waals surface area contributed by atoms with E-state index in [0.29, 0.717) is 31.9 Å². The van der Waals surface area contributed by atoms with Crippen LogP contribution in [0.25, 0.3) is 0 Å². The lowest BCUT2D eigenvalue weighted by Gasteiger charge is -2.37. The molecule has 0 radical (unpaired) electrons. The van der Waals surface area contributed by atoms with Crippen molar-refractivity contribution in [2.24, 2.45) is 0 Å². The molecule has 0 saturated carbocycles. The lowest BCUT2D eigenvalue weighted by Crippen LogP contribution is -2.51. The van der Waals surface area contributed by atoms with Crippen LogP contribution in [-0.2, 0) is 10.2 Å². The molecule has 1 atom stereocenters. The van der Waals surface area contributed by atoms with E-state index >= 15 is 0 Å². The van der Waals surface area contributed by atoms with Gasteiger partial charge in [-0.2, -0.15) is 5.10 Å². The summed E-state index contributed by atoms with van der Waals surface area (Å²) in [4.78, 5) is 27.2. The molecular weight excluding hydrogens is 296 g/mol. The maximum absolute atomic E-state index is 12.5. The number of amides is 1. The number of carboxylic acid groups (broad SMARTS) is 1. The fraction of sp³-hybridized carbons (Fsp3) is 0.688. The zero-order valence-corrected chi connectivity index (χ0v) is 14.3. The van der Waals surface area contributed by atoms with Crippen molar-refractivity contribution in [3.63, 3.8) is 0 Å². The number of piperazine rings is 1. The van der Waals surface area contributed by atoms with Gasteiger partial charge in [0.05, 0.1) is 6.42 Å². The van der Waals surface area contributed by atoms with Crippen LogP contribution in [0.15, 0.2) is 6.07 Å². The lowest BCUT2D eigenvalue weighted by atomic mass is 9.92. The highest BCUT2D eigenvalue weighted by Crippen LogP contribution is 2.21. The summed E-state index contributed by atoms with van der Waals surface area (Å²) in [5.41, 5.74) is 1.31. The molecule has 2 N–H and O–H groups in total. The zero-order chi connectivity index (χ0) is 17.2. The minimum absolute atomic E-state index is 0.0115. The Kier molecular flexibility index (Phi) is 5.09. The van der Waals surface area contributed by atoms with Gasteiger partial charge in [0.2, 0.25) is 0 Å². The van der Waals surface area contributed by atoms with E-state index in [2.05, 4.69) is 35.9 Å². The molecule has 2 rings (SSSR count). The fourth-order valence-corrected chi connectivity index (χ4v) is 2.73. The first-order chi connectivity index (χ1) is 10.7. The van der Waals surface area contributed by atoms with E-state index in [-0.39, 0.29) is 23.8 Å². The highest BCUT2D eigenvalue weighted by molar-refractivity contribution is 5.92. The van der Waals surface area contributed by atoms with Crippen molar-refractivity contribution >= 4 is 11.9 Å². The number of hydrogen-bond donors (Lipinski definition) is 2. The molecule has 1 aliphatic heterocycles. The molecule has 0 bridgehead atoms. The molecule has 128 valence electrons. The van der Waals surface area contributed by atoms with Crippen molar-refractivity contribution in [1.82, 2.24) is 20.0 Å². The van der Waals surface area contributed by atoms with Gasteiger partial charge in [0.25, 0.3) is 5.91 Å². The monoisotopic (exact) mass is 322 g/mol.